The minimum atomic E-state index is 0.346. The van der Waals surface area contributed by atoms with Gasteiger partial charge < -0.3 is 5.32 Å². The van der Waals surface area contributed by atoms with Gasteiger partial charge in [0, 0.05) is 19.0 Å². The molecule has 1 fully saturated rings. The van der Waals surface area contributed by atoms with E-state index in [0.717, 1.165) is 19.0 Å². The van der Waals surface area contributed by atoms with Gasteiger partial charge in [-0.3, -0.25) is 0 Å². The molecule has 0 radical (unpaired) electrons. The minimum Gasteiger partial charge on any atom is -0.312 e. The normalized spacial score (nSPS) is 18.5. The van der Waals surface area contributed by atoms with Crippen LogP contribution in [0.4, 0.5) is 0 Å². The van der Waals surface area contributed by atoms with Gasteiger partial charge in [-0.2, -0.15) is 0 Å². The van der Waals surface area contributed by atoms with Crippen molar-refractivity contribution in [3.63, 3.8) is 0 Å². The zero-order valence-electron chi connectivity index (χ0n) is 12.3. The first-order valence-corrected chi connectivity index (χ1v) is 8.01. The topological polar surface area (TPSA) is 12.0 Å². The maximum absolute atomic E-state index is 6.23. The first-order chi connectivity index (χ1) is 9.13. The molecule has 1 aliphatic rings. The minimum absolute atomic E-state index is 0.346. The summed E-state index contributed by atoms with van der Waals surface area (Å²) in [5.74, 6) is 0.798. The van der Waals surface area contributed by atoms with E-state index in [0.29, 0.717) is 5.41 Å². The Morgan fingerprint density at radius 1 is 1.05 bits per heavy atom. The molecule has 1 N–H and O–H groups in total. The smallest absolute Gasteiger partial charge is 0.0292 e. The third kappa shape index (κ3) is 4.22. The second kappa shape index (κ2) is 6.76. The van der Waals surface area contributed by atoms with Crippen molar-refractivity contribution < 1.29 is 0 Å². The molecule has 0 atom stereocenters. The van der Waals surface area contributed by atoms with Crippen molar-refractivity contribution in [2.24, 2.45) is 5.41 Å². The molecule has 19 heavy (non-hydrogen) atoms. The number of alkyl halides is 1. The summed E-state index contributed by atoms with van der Waals surface area (Å²) in [6, 6.07) is 6.77. The van der Waals surface area contributed by atoms with Gasteiger partial charge in [-0.1, -0.05) is 48.6 Å². The SMILES string of the molecule is Cc1cc(C)cc(CNCC2(CCl)CCCCC2)c1. The molecule has 0 aromatic heterocycles. The summed E-state index contributed by atoms with van der Waals surface area (Å²) in [5.41, 5.74) is 4.43. The summed E-state index contributed by atoms with van der Waals surface area (Å²) >= 11 is 6.23. The number of benzene rings is 1. The molecule has 1 aromatic rings. The van der Waals surface area contributed by atoms with E-state index in [1.165, 1.54) is 48.8 Å². The lowest BCUT2D eigenvalue weighted by Crippen LogP contribution is -2.37. The molecule has 106 valence electrons. The first kappa shape index (κ1) is 14.9. The summed E-state index contributed by atoms with van der Waals surface area (Å²) in [4.78, 5) is 0. The highest BCUT2D eigenvalue weighted by Crippen LogP contribution is 2.36. The Morgan fingerprint density at radius 3 is 2.26 bits per heavy atom. The molecule has 0 heterocycles. The van der Waals surface area contributed by atoms with Crippen LogP contribution < -0.4 is 5.32 Å². The maximum atomic E-state index is 6.23. The second-order valence-electron chi connectivity index (χ2n) is 6.29. The molecule has 1 saturated carbocycles. The molecule has 2 heteroatoms. The molecule has 1 nitrogen and oxygen atoms in total. The molecule has 0 saturated heterocycles. The van der Waals surface area contributed by atoms with E-state index in [2.05, 4.69) is 37.4 Å². The van der Waals surface area contributed by atoms with Gasteiger partial charge in [-0.15, -0.1) is 11.6 Å². The zero-order chi connectivity index (χ0) is 13.7. The molecule has 0 bridgehead atoms. The predicted molar refractivity (Wildman–Crippen MR) is 83.9 cm³/mol. The van der Waals surface area contributed by atoms with Crippen molar-refractivity contribution >= 4 is 11.6 Å². The molecule has 0 spiro atoms. The molecule has 0 aliphatic heterocycles. The van der Waals surface area contributed by atoms with Gasteiger partial charge in [0.05, 0.1) is 0 Å². The predicted octanol–water partition coefficient (Wildman–Crippen LogP) is 4.58. The summed E-state index contributed by atoms with van der Waals surface area (Å²) < 4.78 is 0. The number of aryl methyl sites for hydroxylation is 2. The van der Waals surface area contributed by atoms with Crippen LogP contribution >= 0.6 is 11.6 Å². The van der Waals surface area contributed by atoms with Gasteiger partial charge in [0.1, 0.15) is 0 Å². The largest absolute Gasteiger partial charge is 0.312 e. The van der Waals surface area contributed by atoms with E-state index in [-0.39, 0.29) is 0 Å². The number of halogens is 1. The highest BCUT2D eigenvalue weighted by atomic mass is 35.5. The Kier molecular flexibility index (Phi) is 5.29. The second-order valence-corrected chi connectivity index (χ2v) is 6.56. The van der Waals surface area contributed by atoms with Gasteiger partial charge in [0.2, 0.25) is 0 Å². The lowest BCUT2D eigenvalue weighted by molar-refractivity contribution is 0.212. The first-order valence-electron chi connectivity index (χ1n) is 7.47. The summed E-state index contributed by atoms with van der Waals surface area (Å²) in [6.07, 6.45) is 6.65. The highest BCUT2D eigenvalue weighted by molar-refractivity contribution is 6.18. The lowest BCUT2D eigenvalue weighted by atomic mass is 9.75. The van der Waals surface area contributed by atoms with Crippen molar-refractivity contribution in [2.45, 2.75) is 52.5 Å². The van der Waals surface area contributed by atoms with Gasteiger partial charge in [0.15, 0.2) is 0 Å². The Labute approximate surface area is 122 Å². The van der Waals surface area contributed by atoms with Crippen LogP contribution in [-0.4, -0.2) is 12.4 Å². The van der Waals surface area contributed by atoms with E-state index < -0.39 is 0 Å². The highest BCUT2D eigenvalue weighted by Gasteiger charge is 2.30. The van der Waals surface area contributed by atoms with Crippen LogP contribution in [0, 0.1) is 19.3 Å². The van der Waals surface area contributed by atoms with Crippen LogP contribution in [0.15, 0.2) is 18.2 Å². The standard InChI is InChI=1S/C17H26ClN/c1-14-8-15(2)10-16(9-14)11-19-13-17(12-18)6-4-3-5-7-17/h8-10,19H,3-7,11-13H2,1-2H3. The quantitative estimate of drug-likeness (QED) is 0.778. The fraction of sp³-hybridized carbons (Fsp3) is 0.647. The fourth-order valence-corrected chi connectivity index (χ4v) is 3.66. The van der Waals surface area contributed by atoms with Gasteiger partial charge in [-0.05, 0) is 37.7 Å². The van der Waals surface area contributed by atoms with Crippen LogP contribution in [-0.2, 0) is 6.54 Å². The molecule has 0 unspecified atom stereocenters. The molecule has 2 rings (SSSR count). The fourth-order valence-electron chi connectivity index (χ4n) is 3.30. The molecular formula is C17H26ClN. The number of hydrogen-bond acceptors (Lipinski definition) is 1. The van der Waals surface area contributed by atoms with Crippen LogP contribution in [0.5, 0.6) is 0 Å². The average Bonchev–Trinajstić information content (AvgIpc) is 2.39. The molecule has 1 aliphatic carbocycles. The molecule has 0 amide bonds. The van der Waals surface area contributed by atoms with Crippen molar-refractivity contribution in [1.29, 1.82) is 0 Å². The van der Waals surface area contributed by atoms with Crippen molar-refractivity contribution in [1.82, 2.24) is 5.32 Å². The number of nitrogens with one attached hydrogen (secondary N) is 1. The summed E-state index contributed by atoms with van der Waals surface area (Å²) in [6.45, 7) is 6.35. The Bertz CT molecular complexity index is 387. The van der Waals surface area contributed by atoms with Crippen LogP contribution in [0.2, 0.25) is 0 Å². The van der Waals surface area contributed by atoms with E-state index in [1.807, 2.05) is 0 Å². The van der Waals surface area contributed by atoms with E-state index in [1.54, 1.807) is 0 Å². The third-order valence-electron chi connectivity index (χ3n) is 4.31. The monoisotopic (exact) mass is 279 g/mol. The zero-order valence-corrected chi connectivity index (χ0v) is 13.0. The Hall–Kier alpha value is -0.530. The van der Waals surface area contributed by atoms with Crippen molar-refractivity contribution in [3.8, 4) is 0 Å². The summed E-state index contributed by atoms with van der Waals surface area (Å²) in [7, 11) is 0. The van der Waals surface area contributed by atoms with Crippen molar-refractivity contribution in [2.75, 3.05) is 12.4 Å². The number of rotatable bonds is 5. The third-order valence-corrected chi connectivity index (χ3v) is 4.88. The van der Waals surface area contributed by atoms with Crippen LogP contribution in [0.25, 0.3) is 0 Å². The lowest BCUT2D eigenvalue weighted by Gasteiger charge is -2.35. The Morgan fingerprint density at radius 2 is 1.68 bits per heavy atom. The van der Waals surface area contributed by atoms with Gasteiger partial charge in [-0.25, -0.2) is 0 Å². The molecule has 1 aromatic carbocycles. The molecular weight excluding hydrogens is 254 g/mol. The van der Waals surface area contributed by atoms with Gasteiger partial charge in [0.25, 0.3) is 0 Å². The van der Waals surface area contributed by atoms with Gasteiger partial charge >= 0.3 is 0 Å². The van der Waals surface area contributed by atoms with E-state index >= 15 is 0 Å². The van der Waals surface area contributed by atoms with E-state index in [4.69, 9.17) is 11.6 Å². The maximum Gasteiger partial charge on any atom is 0.0292 e. The Balaban J connectivity index is 1.88. The number of hydrogen-bond donors (Lipinski definition) is 1. The van der Waals surface area contributed by atoms with Crippen LogP contribution in [0.3, 0.4) is 0 Å². The van der Waals surface area contributed by atoms with E-state index in [9.17, 15) is 0 Å². The van der Waals surface area contributed by atoms with Crippen molar-refractivity contribution in [3.05, 3.63) is 34.9 Å². The summed E-state index contributed by atoms with van der Waals surface area (Å²) in [5, 5.41) is 3.63. The van der Waals surface area contributed by atoms with Crippen LogP contribution in [0.1, 0.15) is 48.8 Å². The average molecular weight is 280 g/mol.